The molecule has 0 fully saturated rings. The zero-order valence-electron chi connectivity index (χ0n) is 13.1. The molecule has 0 atom stereocenters. The number of halogens is 1. The van der Waals surface area contributed by atoms with E-state index in [-0.39, 0.29) is 5.91 Å². The molecule has 0 aliphatic heterocycles. The summed E-state index contributed by atoms with van der Waals surface area (Å²) in [5.41, 5.74) is 3.75. The first-order valence-electron chi connectivity index (χ1n) is 7.71. The smallest absolute Gasteiger partial charge is 0.253 e. The maximum atomic E-state index is 12.6. The van der Waals surface area contributed by atoms with Gasteiger partial charge >= 0.3 is 0 Å². The topological polar surface area (TPSA) is 86.5 Å². The number of H-pyrrole nitrogens is 2. The molecule has 1 amide bonds. The number of amides is 1. The number of carbonyl (C=O) groups is 1. The normalized spacial score (nSPS) is 10.9. The molecule has 0 saturated carbocycles. The van der Waals surface area contributed by atoms with Crippen LogP contribution in [0.5, 0.6) is 0 Å². The summed E-state index contributed by atoms with van der Waals surface area (Å²) < 4.78 is 0. The summed E-state index contributed by atoms with van der Waals surface area (Å²) in [6.07, 6.45) is 3.29. The van der Waals surface area contributed by atoms with Gasteiger partial charge in [0.05, 0.1) is 29.3 Å². The minimum atomic E-state index is -0.166. The highest BCUT2D eigenvalue weighted by Crippen LogP contribution is 2.26. The summed E-state index contributed by atoms with van der Waals surface area (Å²) >= 11 is 5.87. The van der Waals surface area contributed by atoms with Crippen molar-refractivity contribution in [3.05, 3.63) is 71.1 Å². The second-order valence-corrected chi connectivity index (χ2v) is 6.01. The van der Waals surface area contributed by atoms with Gasteiger partial charge in [0.2, 0.25) is 0 Å². The van der Waals surface area contributed by atoms with Crippen LogP contribution < -0.4 is 5.32 Å². The highest BCUT2D eigenvalue weighted by atomic mass is 35.5. The number of aromatic amines is 2. The molecule has 4 aromatic rings. The Labute approximate surface area is 148 Å². The van der Waals surface area contributed by atoms with E-state index in [2.05, 4.69) is 25.5 Å². The molecule has 6 nitrogen and oxygen atoms in total. The zero-order valence-corrected chi connectivity index (χ0v) is 13.8. The zero-order chi connectivity index (χ0) is 17.2. The van der Waals surface area contributed by atoms with E-state index in [1.807, 2.05) is 24.3 Å². The first-order valence-corrected chi connectivity index (χ1v) is 8.08. The Morgan fingerprint density at radius 3 is 2.76 bits per heavy atom. The van der Waals surface area contributed by atoms with Crippen LogP contribution in [0, 0.1) is 0 Å². The van der Waals surface area contributed by atoms with Gasteiger partial charge in [-0.1, -0.05) is 35.9 Å². The molecule has 124 valence electrons. The lowest BCUT2D eigenvalue weighted by atomic mass is 10.1. The molecular weight excluding hydrogens is 338 g/mol. The lowest BCUT2D eigenvalue weighted by Gasteiger charge is -2.06. The number of imidazole rings is 1. The monoisotopic (exact) mass is 351 g/mol. The van der Waals surface area contributed by atoms with Crippen LogP contribution in [-0.4, -0.2) is 26.1 Å². The van der Waals surface area contributed by atoms with Crippen LogP contribution in [0.3, 0.4) is 0 Å². The number of benzene rings is 2. The molecule has 2 aromatic heterocycles. The molecule has 0 saturated heterocycles. The minimum Gasteiger partial charge on any atom is -0.348 e. The van der Waals surface area contributed by atoms with Gasteiger partial charge < -0.3 is 10.3 Å². The van der Waals surface area contributed by atoms with Crippen LogP contribution in [0.15, 0.2) is 55.0 Å². The molecule has 4 rings (SSSR count). The number of hydrogen-bond acceptors (Lipinski definition) is 3. The van der Waals surface area contributed by atoms with Crippen molar-refractivity contribution in [3.8, 4) is 11.4 Å². The van der Waals surface area contributed by atoms with E-state index < -0.39 is 0 Å². The highest BCUT2D eigenvalue weighted by molar-refractivity contribution is 6.30. The third-order valence-electron chi connectivity index (χ3n) is 3.96. The third-order valence-corrected chi connectivity index (χ3v) is 4.22. The van der Waals surface area contributed by atoms with Crippen molar-refractivity contribution in [2.24, 2.45) is 0 Å². The van der Waals surface area contributed by atoms with Crippen LogP contribution >= 0.6 is 11.6 Å². The summed E-state index contributed by atoms with van der Waals surface area (Å²) in [5.74, 6) is -0.166. The maximum Gasteiger partial charge on any atom is 0.253 e. The van der Waals surface area contributed by atoms with E-state index in [0.29, 0.717) is 22.6 Å². The van der Waals surface area contributed by atoms with E-state index in [1.54, 1.807) is 30.7 Å². The molecular formula is C18H14ClN5O. The largest absolute Gasteiger partial charge is 0.348 e. The van der Waals surface area contributed by atoms with Crippen molar-refractivity contribution in [3.63, 3.8) is 0 Å². The molecule has 2 aromatic carbocycles. The number of fused-ring (bicyclic) bond motifs is 1. The van der Waals surface area contributed by atoms with Crippen molar-refractivity contribution in [2.45, 2.75) is 6.54 Å². The van der Waals surface area contributed by atoms with Gasteiger partial charge in [-0.15, -0.1) is 0 Å². The number of nitrogens with one attached hydrogen (secondary N) is 3. The number of rotatable bonds is 4. The predicted molar refractivity (Wildman–Crippen MR) is 96.3 cm³/mol. The molecule has 25 heavy (non-hydrogen) atoms. The lowest BCUT2D eigenvalue weighted by molar-refractivity contribution is 0.0952. The van der Waals surface area contributed by atoms with Gasteiger partial charge in [-0.05, 0) is 23.8 Å². The Kier molecular flexibility index (Phi) is 3.95. The number of nitrogens with zero attached hydrogens (tertiary/aromatic N) is 2. The average molecular weight is 352 g/mol. The van der Waals surface area contributed by atoms with Crippen molar-refractivity contribution in [2.75, 3.05) is 0 Å². The van der Waals surface area contributed by atoms with E-state index in [9.17, 15) is 4.79 Å². The van der Waals surface area contributed by atoms with Crippen LogP contribution in [0.4, 0.5) is 0 Å². The van der Waals surface area contributed by atoms with Gasteiger partial charge in [0.15, 0.2) is 0 Å². The number of para-hydroxylation sites is 1. The van der Waals surface area contributed by atoms with Gasteiger partial charge in [-0.2, -0.15) is 5.10 Å². The Balaban J connectivity index is 1.60. The van der Waals surface area contributed by atoms with Gasteiger partial charge in [0.1, 0.15) is 5.69 Å². The minimum absolute atomic E-state index is 0.166. The highest BCUT2D eigenvalue weighted by Gasteiger charge is 2.15. The molecule has 0 radical (unpaired) electrons. The lowest BCUT2D eigenvalue weighted by Crippen LogP contribution is -2.23. The third kappa shape index (κ3) is 2.99. The fraction of sp³-hybridized carbons (Fsp3) is 0.0556. The Morgan fingerprint density at radius 2 is 2.00 bits per heavy atom. The Morgan fingerprint density at radius 1 is 1.16 bits per heavy atom. The van der Waals surface area contributed by atoms with E-state index in [1.165, 1.54) is 0 Å². The van der Waals surface area contributed by atoms with E-state index in [4.69, 9.17) is 11.6 Å². The summed E-state index contributed by atoms with van der Waals surface area (Å²) in [4.78, 5) is 19.6. The molecule has 0 bridgehead atoms. The maximum absolute atomic E-state index is 12.6. The van der Waals surface area contributed by atoms with Crippen molar-refractivity contribution >= 4 is 28.4 Å². The van der Waals surface area contributed by atoms with Gasteiger partial charge in [0, 0.05) is 17.0 Å². The number of aromatic nitrogens is 4. The van der Waals surface area contributed by atoms with Gasteiger partial charge in [-0.3, -0.25) is 9.89 Å². The first-order chi connectivity index (χ1) is 12.2. The summed E-state index contributed by atoms with van der Waals surface area (Å²) in [6, 6.07) is 12.9. The fourth-order valence-electron chi connectivity index (χ4n) is 2.70. The second-order valence-electron chi connectivity index (χ2n) is 5.57. The van der Waals surface area contributed by atoms with Crippen LogP contribution in [-0.2, 0) is 6.54 Å². The van der Waals surface area contributed by atoms with Gasteiger partial charge in [0.25, 0.3) is 5.91 Å². The Bertz CT molecular complexity index is 1020. The van der Waals surface area contributed by atoms with Crippen molar-refractivity contribution in [1.29, 1.82) is 0 Å². The predicted octanol–water partition coefficient (Wildman–Crippen LogP) is 3.54. The molecule has 0 aliphatic carbocycles. The summed E-state index contributed by atoms with van der Waals surface area (Å²) in [5, 5.41) is 11.7. The van der Waals surface area contributed by atoms with Crippen LogP contribution in [0.1, 0.15) is 15.9 Å². The molecule has 0 aliphatic rings. The van der Waals surface area contributed by atoms with E-state index >= 15 is 0 Å². The standard InChI is InChI=1S/C18H14ClN5O/c19-12-6-4-11(5-7-12)8-21-18(25)14-3-1-2-13-16(14)23-24-17(13)15-9-20-10-22-15/h1-7,9-10H,8H2,(H,20,22)(H,21,25)(H,23,24). The second kappa shape index (κ2) is 6.41. The average Bonchev–Trinajstić information content (AvgIpc) is 3.29. The number of hydrogen-bond donors (Lipinski definition) is 3. The first kappa shape index (κ1) is 15.4. The molecule has 3 N–H and O–H groups in total. The summed E-state index contributed by atoms with van der Waals surface area (Å²) in [6.45, 7) is 0.425. The van der Waals surface area contributed by atoms with Crippen LogP contribution in [0.2, 0.25) is 5.02 Å². The fourth-order valence-corrected chi connectivity index (χ4v) is 2.83. The molecule has 0 unspecified atom stereocenters. The quantitative estimate of drug-likeness (QED) is 0.525. The van der Waals surface area contributed by atoms with Gasteiger partial charge in [-0.25, -0.2) is 4.98 Å². The van der Waals surface area contributed by atoms with Crippen molar-refractivity contribution in [1.82, 2.24) is 25.5 Å². The summed E-state index contributed by atoms with van der Waals surface area (Å²) in [7, 11) is 0. The SMILES string of the molecule is O=C(NCc1ccc(Cl)cc1)c1cccc2c(-c3cnc[nH]3)n[nH]c12. The van der Waals surface area contributed by atoms with E-state index in [0.717, 1.165) is 22.3 Å². The molecule has 0 spiro atoms. The Hall–Kier alpha value is -3.12. The van der Waals surface area contributed by atoms with Crippen LogP contribution in [0.25, 0.3) is 22.3 Å². The molecule has 2 heterocycles. The molecule has 7 heteroatoms. The van der Waals surface area contributed by atoms with Crippen molar-refractivity contribution < 1.29 is 4.79 Å². The number of carbonyl (C=O) groups excluding carboxylic acids is 1.